The van der Waals surface area contributed by atoms with Gasteiger partial charge < -0.3 is 15.0 Å². The fraction of sp³-hybridized carbons (Fsp3) is 0.152. The van der Waals surface area contributed by atoms with Gasteiger partial charge in [0.15, 0.2) is 5.71 Å². The van der Waals surface area contributed by atoms with Crippen molar-refractivity contribution in [1.82, 2.24) is 5.43 Å². The molecule has 1 aliphatic heterocycles. The van der Waals surface area contributed by atoms with Crippen LogP contribution in [0, 0.1) is 0 Å². The number of methoxy groups -OCH3 is 1. The maximum Gasteiger partial charge on any atom is 0.339 e. The number of aryl methyl sites for hydroxylation is 1. The van der Waals surface area contributed by atoms with Crippen LogP contribution in [0.25, 0.3) is 0 Å². The Morgan fingerprint density at radius 1 is 0.907 bits per heavy atom. The lowest BCUT2D eigenvalue weighted by Gasteiger charge is -2.17. The predicted molar refractivity (Wildman–Crippen MR) is 171 cm³/mol. The fourth-order valence-electron chi connectivity index (χ4n) is 4.63. The number of esters is 1. The van der Waals surface area contributed by atoms with E-state index in [9.17, 15) is 14.4 Å². The summed E-state index contributed by atoms with van der Waals surface area (Å²) in [7, 11) is 1.36. The minimum absolute atomic E-state index is 0.165. The van der Waals surface area contributed by atoms with Crippen molar-refractivity contribution in [3.63, 3.8) is 0 Å². The van der Waals surface area contributed by atoms with Gasteiger partial charge in [0.25, 0.3) is 5.91 Å². The molecule has 5 rings (SSSR count). The number of anilines is 2. The summed E-state index contributed by atoms with van der Waals surface area (Å²) in [6.07, 6.45) is 1.46. The molecule has 0 aliphatic carbocycles. The minimum Gasteiger partial charge on any atom is -0.465 e. The Bertz CT molecular complexity index is 1660. The zero-order chi connectivity index (χ0) is 30.2. The van der Waals surface area contributed by atoms with Crippen molar-refractivity contribution < 1.29 is 19.1 Å². The molecule has 4 aromatic rings. The summed E-state index contributed by atoms with van der Waals surface area (Å²) < 4.78 is 4.76. The molecule has 0 saturated carbocycles. The lowest BCUT2D eigenvalue weighted by Crippen LogP contribution is -2.34. The van der Waals surface area contributed by atoms with Gasteiger partial charge in [0.1, 0.15) is 0 Å². The Morgan fingerprint density at radius 2 is 1.63 bits per heavy atom. The zero-order valence-corrected chi connectivity index (χ0v) is 25.0. The minimum atomic E-state index is -0.610. The molecule has 1 heterocycles. The van der Waals surface area contributed by atoms with E-state index < -0.39 is 6.03 Å². The number of thioether (sulfide) groups is 1. The van der Waals surface area contributed by atoms with Crippen molar-refractivity contribution in [1.29, 1.82) is 0 Å². The average Bonchev–Trinajstić information content (AvgIpc) is 3.29. The summed E-state index contributed by atoms with van der Waals surface area (Å²) in [5, 5.41) is 7.29. The van der Waals surface area contributed by atoms with Gasteiger partial charge in [-0.25, -0.2) is 15.0 Å². The summed E-state index contributed by atoms with van der Waals surface area (Å²) in [5.41, 5.74) is 7.19. The topological polar surface area (TPSA) is 100 Å². The Kier molecular flexibility index (Phi) is 9.76. The van der Waals surface area contributed by atoms with E-state index >= 15 is 0 Å². The summed E-state index contributed by atoms with van der Waals surface area (Å²) in [6, 6.07) is 29.4. The van der Waals surface area contributed by atoms with E-state index in [0.717, 1.165) is 33.9 Å². The fourth-order valence-corrected chi connectivity index (χ4v) is 5.75. The molecule has 0 aromatic heterocycles. The maximum atomic E-state index is 13.6. The second-order valence-electron chi connectivity index (χ2n) is 9.66. The van der Waals surface area contributed by atoms with Crippen LogP contribution in [-0.4, -0.2) is 43.0 Å². The second-order valence-corrected chi connectivity index (χ2v) is 11.2. The normalized spacial score (nSPS) is 13.1. The van der Waals surface area contributed by atoms with Crippen LogP contribution in [0.3, 0.4) is 0 Å². The number of rotatable bonds is 10. The number of hydrazone groups is 1. The number of nitrogens with zero attached hydrogens (tertiary/aromatic N) is 2. The Labute approximate surface area is 259 Å². The van der Waals surface area contributed by atoms with Gasteiger partial charge in [-0.2, -0.15) is 5.10 Å². The molecule has 0 atom stereocenters. The molecule has 3 amide bonds. The van der Waals surface area contributed by atoms with Crippen molar-refractivity contribution in [2.75, 3.05) is 29.6 Å². The first kappa shape index (κ1) is 29.9. The van der Waals surface area contributed by atoms with Gasteiger partial charge in [0.05, 0.1) is 29.1 Å². The van der Waals surface area contributed by atoms with Gasteiger partial charge >= 0.3 is 12.0 Å². The number of para-hydroxylation sites is 1. The van der Waals surface area contributed by atoms with E-state index in [1.807, 2.05) is 60.7 Å². The van der Waals surface area contributed by atoms with Gasteiger partial charge in [-0.1, -0.05) is 66.2 Å². The highest BCUT2D eigenvalue weighted by Crippen LogP contribution is 2.33. The van der Waals surface area contributed by atoms with Crippen LogP contribution in [0.2, 0.25) is 5.02 Å². The number of amides is 3. The third kappa shape index (κ3) is 7.43. The van der Waals surface area contributed by atoms with Gasteiger partial charge in [-0.3, -0.25) is 4.79 Å². The number of hydrogen-bond acceptors (Lipinski definition) is 6. The van der Waals surface area contributed by atoms with E-state index in [0.29, 0.717) is 34.8 Å². The van der Waals surface area contributed by atoms with Crippen molar-refractivity contribution in [2.45, 2.75) is 17.7 Å². The van der Waals surface area contributed by atoms with Crippen LogP contribution in [0.4, 0.5) is 16.2 Å². The lowest BCUT2D eigenvalue weighted by molar-refractivity contribution is -0.112. The molecule has 1 aliphatic rings. The second kappa shape index (κ2) is 14.0. The van der Waals surface area contributed by atoms with E-state index in [2.05, 4.69) is 15.8 Å². The maximum absolute atomic E-state index is 13.6. The van der Waals surface area contributed by atoms with Crippen molar-refractivity contribution in [3.05, 3.63) is 124 Å². The quantitative estimate of drug-likeness (QED) is 0.120. The molecule has 4 aromatic carbocycles. The monoisotopic (exact) mass is 612 g/mol. The van der Waals surface area contributed by atoms with Gasteiger partial charge in [0.2, 0.25) is 0 Å². The predicted octanol–water partition coefficient (Wildman–Crippen LogP) is 6.58. The number of halogens is 1. The molecule has 0 saturated heterocycles. The molecule has 43 heavy (non-hydrogen) atoms. The highest BCUT2D eigenvalue weighted by Gasteiger charge is 2.34. The SMILES string of the molecule is COC(=O)c1ccc(CCSc2ccc3c(c2)/C(=N/NC(=O)Nc2ccccc2Cl)C(=O)N3CCc2ccccc2)cc1. The zero-order valence-electron chi connectivity index (χ0n) is 23.4. The first-order chi connectivity index (χ1) is 20.9. The molecule has 8 nitrogen and oxygen atoms in total. The van der Waals surface area contributed by atoms with Gasteiger partial charge in [-0.15, -0.1) is 11.8 Å². The lowest BCUT2D eigenvalue weighted by atomic mass is 10.1. The highest BCUT2D eigenvalue weighted by atomic mass is 35.5. The third-order valence-corrected chi connectivity index (χ3v) is 8.18. The van der Waals surface area contributed by atoms with Crippen LogP contribution in [-0.2, 0) is 22.4 Å². The molecular weight excluding hydrogens is 584 g/mol. The van der Waals surface area contributed by atoms with Crippen LogP contribution >= 0.6 is 23.4 Å². The highest BCUT2D eigenvalue weighted by molar-refractivity contribution is 7.99. The number of urea groups is 1. The Morgan fingerprint density at radius 3 is 2.37 bits per heavy atom. The third-order valence-electron chi connectivity index (χ3n) is 6.85. The van der Waals surface area contributed by atoms with Crippen LogP contribution in [0.15, 0.2) is 107 Å². The first-order valence-corrected chi connectivity index (χ1v) is 15.0. The number of carbonyl (C=O) groups excluding carboxylic acids is 3. The summed E-state index contributed by atoms with van der Waals surface area (Å²) >= 11 is 7.80. The van der Waals surface area contributed by atoms with Gasteiger partial charge in [-0.05, 0) is 66.4 Å². The molecule has 0 spiro atoms. The molecule has 218 valence electrons. The molecule has 10 heteroatoms. The van der Waals surface area contributed by atoms with Crippen LogP contribution in [0.5, 0.6) is 0 Å². The number of fused-ring (bicyclic) bond motifs is 1. The smallest absolute Gasteiger partial charge is 0.339 e. The Hall–Kier alpha value is -4.60. The van der Waals surface area contributed by atoms with Crippen molar-refractivity contribution in [2.24, 2.45) is 5.10 Å². The van der Waals surface area contributed by atoms with Crippen LogP contribution in [0.1, 0.15) is 27.0 Å². The average molecular weight is 613 g/mol. The molecule has 0 unspecified atom stereocenters. The van der Waals surface area contributed by atoms with Crippen molar-refractivity contribution in [3.8, 4) is 0 Å². The Balaban J connectivity index is 1.31. The molecule has 0 bridgehead atoms. The molecule has 2 N–H and O–H groups in total. The molecule has 0 radical (unpaired) electrons. The summed E-state index contributed by atoms with van der Waals surface area (Å²) in [4.78, 5) is 40.5. The molecular formula is C33H29ClN4O4S. The number of nitrogens with one attached hydrogen (secondary N) is 2. The van der Waals surface area contributed by atoms with Crippen LogP contribution < -0.4 is 15.6 Å². The summed E-state index contributed by atoms with van der Waals surface area (Å²) in [6.45, 7) is 0.467. The number of hydrogen-bond donors (Lipinski definition) is 2. The van der Waals surface area contributed by atoms with E-state index in [-0.39, 0.29) is 17.6 Å². The van der Waals surface area contributed by atoms with E-state index in [4.69, 9.17) is 16.3 Å². The summed E-state index contributed by atoms with van der Waals surface area (Å²) in [5.74, 6) is 0.143. The van der Waals surface area contributed by atoms with Gasteiger partial charge in [0, 0.05) is 22.8 Å². The number of ether oxygens (including phenoxy) is 1. The first-order valence-electron chi connectivity index (χ1n) is 13.6. The van der Waals surface area contributed by atoms with E-state index in [1.54, 1.807) is 53.1 Å². The van der Waals surface area contributed by atoms with Crippen molar-refractivity contribution >= 4 is 58.4 Å². The largest absolute Gasteiger partial charge is 0.465 e. The number of benzene rings is 4. The van der Waals surface area contributed by atoms with E-state index in [1.165, 1.54) is 7.11 Å². The number of carbonyl (C=O) groups is 3. The molecule has 0 fully saturated rings. The standard InChI is InChI=1S/C33H29ClN4O4S/c1-42-32(40)24-13-11-23(12-14-24)18-20-43-25-15-16-29-26(21-25)30(31(39)38(29)19-17-22-7-3-2-4-8-22)36-37-33(41)35-28-10-6-5-9-27(28)34/h2-16,21H,17-20H2,1H3,(H2,35,37,41)/b36-30-.